The van der Waals surface area contributed by atoms with Gasteiger partial charge in [0.05, 0.1) is 6.54 Å². The van der Waals surface area contributed by atoms with Crippen LogP contribution in [0.2, 0.25) is 0 Å². The molecule has 0 radical (unpaired) electrons. The zero-order valence-electron chi connectivity index (χ0n) is 8.79. The first kappa shape index (κ1) is 9.65. The van der Waals surface area contributed by atoms with E-state index in [0.29, 0.717) is 18.0 Å². The van der Waals surface area contributed by atoms with Crippen molar-refractivity contribution in [2.24, 2.45) is 5.41 Å². The van der Waals surface area contributed by atoms with E-state index in [0.717, 1.165) is 5.82 Å². The van der Waals surface area contributed by atoms with E-state index in [4.69, 9.17) is 0 Å². The first-order chi connectivity index (χ1) is 6.68. The molecule has 1 aromatic rings. The number of nitrogens with zero attached hydrogens (tertiary/aromatic N) is 2. The third kappa shape index (κ3) is 1.95. The summed E-state index contributed by atoms with van der Waals surface area (Å²) >= 11 is 0. The first-order valence-corrected chi connectivity index (χ1v) is 5.17. The van der Waals surface area contributed by atoms with Crippen LogP contribution in [0.4, 0.5) is 0 Å². The van der Waals surface area contributed by atoms with Crippen molar-refractivity contribution < 1.29 is 4.52 Å². The standard InChI is InChI=1S/C10H17N3O/c1-10(2)5-3-4-8(10)11-6-9-12-7-14-13-9/h7-8,11H,3-6H2,1-2H3. The normalized spacial score (nSPS) is 25.4. The Bertz CT molecular complexity index is 282. The Labute approximate surface area is 84.1 Å². The van der Waals surface area contributed by atoms with Gasteiger partial charge in [-0.3, -0.25) is 0 Å². The lowest BCUT2D eigenvalue weighted by Gasteiger charge is -2.27. The van der Waals surface area contributed by atoms with Crippen LogP contribution in [0.15, 0.2) is 10.9 Å². The first-order valence-electron chi connectivity index (χ1n) is 5.17. The van der Waals surface area contributed by atoms with Crippen molar-refractivity contribution in [3.63, 3.8) is 0 Å². The highest BCUT2D eigenvalue weighted by Crippen LogP contribution is 2.37. The van der Waals surface area contributed by atoms with E-state index in [1.54, 1.807) is 0 Å². The second-order valence-electron chi connectivity index (χ2n) is 4.66. The molecular formula is C10H17N3O. The van der Waals surface area contributed by atoms with E-state index in [2.05, 4.69) is 33.8 Å². The molecule has 1 heterocycles. The fourth-order valence-electron chi connectivity index (χ4n) is 2.19. The molecule has 1 N–H and O–H groups in total. The molecule has 0 bridgehead atoms. The summed E-state index contributed by atoms with van der Waals surface area (Å²) in [5.74, 6) is 0.743. The Hall–Kier alpha value is -0.900. The van der Waals surface area contributed by atoms with Crippen molar-refractivity contribution in [1.82, 2.24) is 15.5 Å². The van der Waals surface area contributed by atoms with E-state index < -0.39 is 0 Å². The summed E-state index contributed by atoms with van der Waals surface area (Å²) in [6.07, 6.45) is 5.25. The van der Waals surface area contributed by atoms with Gasteiger partial charge in [0.15, 0.2) is 5.82 Å². The molecule has 4 nitrogen and oxygen atoms in total. The summed E-state index contributed by atoms with van der Waals surface area (Å²) in [5, 5.41) is 7.27. The topological polar surface area (TPSA) is 51.0 Å². The lowest BCUT2D eigenvalue weighted by Crippen LogP contribution is -2.37. The zero-order chi connectivity index (χ0) is 10.0. The Kier molecular flexibility index (Phi) is 2.54. The fourth-order valence-corrected chi connectivity index (χ4v) is 2.19. The van der Waals surface area contributed by atoms with Crippen LogP contribution in [0.5, 0.6) is 0 Å². The van der Waals surface area contributed by atoms with Gasteiger partial charge in [0.1, 0.15) is 0 Å². The third-order valence-electron chi connectivity index (χ3n) is 3.17. The third-order valence-corrected chi connectivity index (χ3v) is 3.17. The predicted molar refractivity (Wildman–Crippen MR) is 52.6 cm³/mol. The number of rotatable bonds is 3. The van der Waals surface area contributed by atoms with Crippen molar-refractivity contribution in [3.05, 3.63) is 12.2 Å². The molecule has 1 aliphatic carbocycles. The average molecular weight is 195 g/mol. The molecule has 78 valence electrons. The Balaban J connectivity index is 1.86. The van der Waals surface area contributed by atoms with Gasteiger partial charge in [-0.2, -0.15) is 4.98 Å². The molecule has 14 heavy (non-hydrogen) atoms. The van der Waals surface area contributed by atoms with Crippen LogP contribution in [-0.2, 0) is 6.54 Å². The molecule has 0 aliphatic heterocycles. The molecule has 1 aliphatic rings. The maximum atomic E-state index is 4.68. The zero-order valence-corrected chi connectivity index (χ0v) is 8.79. The van der Waals surface area contributed by atoms with Gasteiger partial charge in [0.2, 0.25) is 6.39 Å². The fraction of sp³-hybridized carbons (Fsp3) is 0.800. The molecule has 0 saturated heterocycles. The van der Waals surface area contributed by atoms with Crippen molar-refractivity contribution >= 4 is 0 Å². The predicted octanol–water partition coefficient (Wildman–Crippen LogP) is 1.74. The highest BCUT2D eigenvalue weighted by molar-refractivity contribution is 4.91. The molecule has 0 spiro atoms. The summed E-state index contributed by atoms with van der Waals surface area (Å²) in [6.45, 7) is 5.34. The summed E-state index contributed by atoms with van der Waals surface area (Å²) in [7, 11) is 0. The number of nitrogens with one attached hydrogen (secondary N) is 1. The SMILES string of the molecule is CC1(C)CCCC1NCc1ncon1. The summed E-state index contributed by atoms with van der Waals surface area (Å²) in [4.78, 5) is 3.98. The molecule has 1 unspecified atom stereocenters. The molecule has 1 saturated carbocycles. The minimum Gasteiger partial charge on any atom is -0.343 e. The van der Waals surface area contributed by atoms with Gasteiger partial charge in [-0.05, 0) is 18.3 Å². The number of hydrogen-bond acceptors (Lipinski definition) is 4. The summed E-state index contributed by atoms with van der Waals surface area (Å²) < 4.78 is 4.68. The second-order valence-corrected chi connectivity index (χ2v) is 4.66. The molecule has 1 fully saturated rings. The Morgan fingerprint density at radius 3 is 3.07 bits per heavy atom. The van der Waals surface area contributed by atoms with Crippen LogP contribution in [0.25, 0.3) is 0 Å². The summed E-state index contributed by atoms with van der Waals surface area (Å²) in [6, 6.07) is 0.584. The smallest absolute Gasteiger partial charge is 0.213 e. The lowest BCUT2D eigenvalue weighted by molar-refractivity contribution is 0.279. The minimum absolute atomic E-state index is 0.406. The quantitative estimate of drug-likeness (QED) is 0.798. The van der Waals surface area contributed by atoms with Crippen LogP contribution in [0.1, 0.15) is 38.9 Å². The average Bonchev–Trinajstić information content (AvgIpc) is 2.71. The molecule has 0 aromatic carbocycles. The van der Waals surface area contributed by atoms with Crippen molar-refractivity contribution in [2.75, 3.05) is 0 Å². The van der Waals surface area contributed by atoms with E-state index in [9.17, 15) is 0 Å². The van der Waals surface area contributed by atoms with Crippen LogP contribution in [-0.4, -0.2) is 16.2 Å². The summed E-state index contributed by atoms with van der Waals surface area (Å²) in [5.41, 5.74) is 0.406. The van der Waals surface area contributed by atoms with Crippen LogP contribution < -0.4 is 5.32 Å². The van der Waals surface area contributed by atoms with Crippen LogP contribution in [0, 0.1) is 5.41 Å². The number of aromatic nitrogens is 2. The molecule has 1 aromatic heterocycles. The van der Waals surface area contributed by atoms with Crippen LogP contribution in [0.3, 0.4) is 0 Å². The molecule has 4 heteroatoms. The van der Waals surface area contributed by atoms with Crippen molar-refractivity contribution in [1.29, 1.82) is 0 Å². The molecule has 2 rings (SSSR count). The lowest BCUT2D eigenvalue weighted by atomic mass is 9.87. The Morgan fingerprint density at radius 1 is 1.64 bits per heavy atom. The molecule has 0 amide bonds. The maximum Gasteiger partial charge on any atom is 0.213 e. The van der Waals surface area contributed by atoms with E-state index in [1.807, 2.05) is 0 Å². The van der Waals surface area contributed by atoms with Crippen molar-refractivity contribution in [3.8, 4) is 0 Å². The van der Waals surface area contributed by atoms with Gasteiger partial charge in [0, 0.05) is 6.04 Å². The van der Waals surface area contributed by atoms with Crippen LogP contribution >= 0.6 is 0 Å². The molecule has 1 atom stereocenters. The van der Waals surface area contributed by atoms with E-state index in [-0.39, 0.29) is 0 Å². The van der Waals surface area contributed by atoms with Gasteiger partial charge in [-0.15, -0.1) is 0 Å². The van der Waals surface area contributed by atoms with Gasteiger partial charge in [-0.25, -0.2) is 0 Å². The second kappa shape index (κ2) is 3.69. The highest BCUT2D eigenvalue weighted by Gasteiger charge is 2.33. The molecular weight excluding hydrogens is 178 g/mol. The van der Waals surface area contributed by atoms with Gasteiger partial charge < -0.3 is 9.84 Å². The monoisotopic (exact) mass is 195 g/mol. The van der Waals surface area contributed by atoms with E-state index in [1.165, 1.54) is 25.7 Å². The minimum atomic E-state index is 0.406. The van der Waals surface area contributed by atoms with Crippen molar-refractivity contribution in [2.45, 2.75) is 45.7 Å². The van der Waals surface area contributed by atoms with Gasteiger partial charge in [0.25, 0.3) is 0 Å². The van der Waals surface area contributed by atoms with Gasteiger partial charge >= 0.3 is 0 Å². The largest absolute Gasteiger partial charge is 0.343 e. The maximum absolute atomic E-state index is 4.68. The number of hydrogen-bond donors (Lipinski definition) is 1. The van der Waals surface area contributed by atoms with Gasteiger partial charge in [-0.1, -0.05) is 25.4 Å². The van der Waals surface area contributed by atoms with E-state index >= 15 is 0 Å². The highest BCUT2D eigenvalue weighted by atomic mass is 16.5. The Morgan fingerprint density at radius 2 is 2.50 bits per heavy atom.